The first-order chi connectivity index (χ1) is 8.99. The zero-order chi connectivity index (χ0) is 14.0. The number of hydrogen-bond donors (Lipinski definition) is 1. The van der Waals surface area contributed by atoms with Gasteiger partial charge in [0.15, 0.2) is 0 Å². The first-order valence-corrected chi connectivity index (χ1v) is 7.63. The molecule has 2 rings (SSSR count). The third kappa shape index (κ3) is 3.69. The average molecular weight is 315 g/mol. The number of rotatable bonds is 4. The second kappa shape index (κ2) is 6.23. The Bertz CT molecular complexity index is 541. The van der Waals surface area contributed by atoms with Crippen LogP contribution in [-0.2, 0) is 6.42 Å². The highest BCUT2D eigenvalue weighted by molar-refractivity contribution is 7.11. The van der Waals surface area contributed by atoms with Crippen molar-refractivity contribution >= 4 is 34.5 Å². The molecule has 0 aliphatic heterocycles. The van der Waals surface area contributed by atoms with Crippen LogP contribution in [0.3, 0.4) is 0 Å². The van der Waals surface area contributed by atoms with Crippen molar-refractivity contribution in [1.82, 2.24) is 10.3 Å². The van der Waals surface area contributed by atoms with Crippen molar-refractivity contribution < 1.29 is 0 Å². The van der Waals surface area contributed by atoms with Gasteiger partial charge in [0.25, 0.3) is 0 Å². The van der Waals surface area contributed by atoms with Gasteiger partial charge in [0, 0.05) is 27.4 Å². The lowest BCUT2D eigenvalue weighted by Gasteiger charge is -2.16. The second-order valence-electron chi connectivity index (χ2n) is 4.50. The largest absolute Gasteiger partial charge is 0.313 e. The molecule has 0 bridgehead atoms. The summed E-state index contributed by atoms with van der Waals surface area (Å²) in [6, 6.07) is 5.81. The molecule has 0 saturated carbocycles. The average Bonchev–Trinajstić information content (AvgIpc) is 2.64. The third-order valence-corrected chi connectivity index (χ3v) is 4.62. The van der Waals surface area contributed by atoms with Gasteiger partial charge in [0.1, 0.15) is 0 Å². The summed E-state index contributed by atoms with van der Waals surface area (Å²) in [6.45, 7) is 4.14. The lowest BCUT2D eigenvalue weighted by atomic mass is 10.0. The summed E-state index contributed by atoms with van der Waals surface area (Å²) in [6.07, 6.45) is 0.840. The maximum Gasteiger partial charge on any atom is 0.0949 e. The summed E-state index contributed by atoms with van der Waals surface area (Å²) < 4.78 is 0. The standard InChI is InChI=1S/C14H16Cl2N2S/c1-8-9(2)19-14(18-8)7-13(17-3)10-4-11(15)6-12(16)5-10/h4-6,13,17H,7H2,1-3H3. The Morgan fingerprint density at radius 3 is 2.32 bits per heavy atom. The van der Waals surface area contributed by atoms with Gasteiger partial charge in [0.05, 0.1) is 10.7 Å². The lowest BCUT2D eigenvalue weighted by molar-refractivity contribution is 0.590. The van der Waals surface area contributed by atoms with Crippen LogP contribution in [0.2, 0.25) is 10.0 Å². The molecule has 0 aliphatic carbocycles. The highest BCUT2D eigenvalue weighted by Crippen LogP contribution is 2.27. The summed E-state index contributed by atoms with van der Waals surface area (Å²) in [5.74, 6) is 0. The fourth-order valence-corrected chi connectivity index (χ4v) is 3.49. The second-order valence-corrected chi connectivity index (χ2v) is 6.66. The van der Waals surface area contributed by atoms with E-state index in [1.54, 1.807) is 17.4 Å². The molecule has 5 heteroatoms. The van der Waals surface area contributed by atoms with E-state index in [2.05, 4.69) is 17.2 Å². The monoisotopic (exact) mass is 314 g/mol. The van der Waals surface area contributed by atoms with Gasteiger partial charge in [0.2, 0.25) is 0 Å². The van der Waals surface area contributed by atoms with Gasteiger partial charge in [-0.1, -0.05) is 23.2 Å². The van der Waals surface area contributed by atoms with Gasteiger partial charge in [-0.05, 0) is 44.7 Å². The SMILES string of the molecule is CNC(Cc1nc(C)c(C)s1)c1cc(Cl)cc(Cl)c1. The van der Waals surface area contributed by atoms with Crippen molar-refractivity contribution in [2.45, 2.75) is 26.3 Å². The van der Waals surface area contributed by atoms with Gasteiger partial charge in [-0.15, -0.1) is 11.3 Å². The van der Waals surface area contributed by atoms with Crippen molar-refractivity contribution in [3.63, 3.8) is 0 Å². The van der Waals surface area contributed by atoms with Gasteiger partial charge in [-0.2, -0.15) is 0 Å². The molecule has 0 aliphatic rings. The van der Waals surface area contributed by atoms with Crippen molar-refractivity contribution in [2.75, 3.05) is 7.05 Å². The van der Waals surface area contributed by atoms with E-state index in [0.29, 0.717) is 10.0 Å². The maximum atomic E-state index is 6.06. The maximum absolute atomic E-state index is 6.06. The molecular formula is C14H16Cl2N2S. The quantitative estimate of drug-likeness (QED) is 0.894. The van der Waals surface area contributed by atoms with Crippen LogP contribution in [0.5, 0.6) is 0 Å². The highest BCUT2D eigenvalue weighted by Gasteiger charge is 2.14. The number of hydrogen-bond acceptors (Lipinski definition) is 3. The van der Waals surface area contributed by atoms with E-state index < -0.39 is 0 Å². The predicted molar refractivity (Wildman–Crippen MR) is 83.6 cm³/mol. The Morgan fingerprint density at radius 1 is 1.21 bits per heavy atom. The van der Waals surface area contributed by atoms with Crippen LogP contribution < -0.4 is 5.32 Å². The van der Waals surface area contributed by atoms with Gasteiger partial charge >= 0.3 is 0 Å². The molecule has 0 saturated heterocycles. The van der Waals surface area contributed by atoms with Crippen LogP contribution in [-0.4, -0.2) is 12.0 Å². The number of nitrogens with one attached hydrogen (secondary N) is 1. The Kier molecular flexibility index (Phi) is 4.85. The van der Waals surface area contributed by atoms with E-state index in [1.165, 1.54) is 4.88 Å². The van der Waals surface area contributed by atoms with Gasteiger partial charge < -0.3 is 5.32 Å². The summed E-state index contributed by atoms with van der Waals surface area (Å²) in [7, 11) is 1.94. The number of aryl methyl sites for hydroxylation is 2. The summed E-state index contributed by atoms with van der Waals surface area (Å²) in [5, 5.41) is 5.75. The first kappa shape index (κ1) is 14.8. The Balaban J connectivity index is 2.24. The topological polar surface area (TPSA) is 24.9 Å². The Hall–Kier alpha value is -0.610. The smallest absolute Gasteiger partial charge is 0.0949 e. The summed E-state index contributed by atoms with van der Waals surface area (Å²) in [5.41, 5.74) is 2.20. The molecule has 1 atom stereocenters. The fourth-order valence-electron chi connectivity index (χ4n) is 1.96. The van der Waals surface area contributed by atoms with Crippen molar-refractivity contribution in [3.8, 4) is 0 Å². The van der Waals surface area contributed by atoms with Gasteiger partial charge in [-0.25, -0.2) is 4.98 Å². The van der Waals surface area contributed by atoms with Gasteiger partial charge in [-0.3, -0.25) is 0 Å². The molecule has 1 aromatic heterocycles. The number of halogens is 2. The fraction of sp³-hybridized carbons (Fsp3) is 0.357. The molecule has 2 aromatic rings. The van der Waals surface area contributed by atoms with Crippen LogP contribution in [0.1, 0.15) is 27.2 Å². The number of thiazole rings is 1. The van der Waals surface area contributed by atoms with E-state index in [9.17, 15) is 0 Å². The van der Waals surface area contributed by atoms with Crippen molar-refractivity contribution in [2.24, 2.45) is 0 Å². The minimum absolute atomic E-state index is 0.168. The number of likely N-dealkylation sites (N-methyl/N-ethyl adjacent to an activating group) is 1. The third-order valence-electron chi connectivity index (χ3n) is 3.09. The molecule has 1 heterocycles. The summed E-state index contributed by atoms with van der Waals surface area (Å²) >= 11 is 13.9. The van der Waals surface area contributed by atoms with E-state index in [0.717, 1.165) is 22.7 Å². The number of benzene rings is 1. The molecule has 1 aromatic carbocycles. The molecule has 0 amide bonds. The molecule has 0 radical (unpaired) electrons. The van der Waals surface area contributed by atoms with Crippen LogP contribution in [0.4, 0.5) is 0 Å². The Morgan fingerprint density at radius 2 is 1.84 bits per heavy atom. The minimum Gasteiger partial charge on any atom is -0.313 e. The minimum atomic E-state index is 0.168. The van der Waals surface area contributed by atoms with Crippen LogP contribution >= 0.6 is 34.5 Å². The number of nitrogens with zero attached hydrogens (tertiary/aromatic N) is 1. The van der Waals surface area contributed by atoms with Crippen LogP contribution in [0.15, 0.2) is 18.2 Å². The van der Waals surface area contributed by atoms with Crippen molar-refractivity contribution in [3.05, 3.63) is 49.4 Å². The van der Waals surface area contributed by atoms with Crippen LogP contribution in [0.25, 0.3) is 0 Å². The molecule has 0 spiro atoms. The molecule has 1 N–H and O–H groups in total. The molecule has 1 unspecified atom stereocenters. The molecular weight excluding hydrogens is 299 g/mol. The first-order valence-electron chi connectivity index (χ1n) is 6.05. The molecule has 2 nitrogen and oxygen atoms in total. The molecule has 102 valence electrons. The molecule has 0 fully saturated rings. The highest BCUT2D eigenvalue weighted by atomic mass is 35.5. The zero-order valence-electron chi connectivity index (χ0n) is 11.1. The van der Waals surface area contributed by atoms with E-state index >= 15 is 0 Å². The lowest BCUT2D eigenvalue weighted by Crippen LogP contribution is -2.18. The van der Waals surface area contributed by atoms with Crippen LogP contribution in [0, 0.1) is 13.8 Å². The normalized spacial score (nSPS) is 12.7. The van der Waals surface area contributed by atoms with E-state index in [4.69, 9.17) is 23.2 Å². The van der Waals surface area contributed by atoms with E-state index in [1.807, 2.05) is 26.1 Å². The Labute approximate surface area is 127 Å². The number of aromatic nitrogens is 1. The summed E-state index contributed by atoms with van der Waals surface area (Å²) in [4.78, 5) is 5.85. The predicted octanol–water partition coefficient (Wildman–Crippen LogP) is 4.57. The molecule has 19 heavy (non-hydrogen) atoms. The van der Waals surface area contributed by atoms with E-state index in [-0.39, 0.29) is 6.04 Å². The zero-order valence-corrected chi connectivity index (χ0v) is 13.5. The van der Waals surface area contributed by atoms with Crippen molar-refractivity contribution in [1.29, 1.82) is 0 Å².